The van der Waals surface area contributed by atoms with Crippen molar-refractivity contribution >= 4 is 9.84 Å². The van der Waals surface area contributed by atoms with Crippen molar-refractivity contribution in [3.05, 3.63) is 102 Å². The zero-order chi connectivity index (χ0) is 21.1. The summed E-state index contributed by atoms with van der Waals surface area (Å²) in [6.45, 7) is 6.22. The summed E-state index contributed by atoms with van der Waals surface area (Å²) >= 11 is 0. The topological polar surface area (TPSA) is 57.6 Å². The van der Waals surface area contributed by atoms with Crippen LogP contribution in [0.1, 0.15) is 22.6 Å². The van der Waals surface area contributed by atoms with E-state index < -0.39 is 9.84 Å². The van der Waals surface area contributed by atoms with Gasteiger partial charge in [0.15, 0.2) is 0 Å². The smallest absolute Gasteiger partial charge is 0.210 e. The molecule has 1 N–H and O–H groups in total. The van der Waals surface area contributed by atoms with Crippen molar-refractivity contribution in [2.24, 2.45) is 0 Å². The second-order valence-electron chi connectivity index (χ2n) is 7.60. The lowest BCUT2D eigenvalue weighted by atomic mass is 9.88. The standard InChI is InChI=1S/C25H25NO3S/c1-2-14-26-15-13-20-16-25(30(28,29)21-11-7-4-8-12-21)24(27)17-22(20)23(18-26)19-9-5-3-6-10-19/h2-12,16-17,23,27H,1,13-15,18H2. The van der Waals surface area contributed by atoms with Gasteiger partial charge in [0, 0.05) is 25.6 Å². The Hall–Kier alpha value is -2.89. The van der Waals surface area contributed by atoms with Gasteiger partial charge < -0.3 is 5.11 Å². The Morgan fingerprint density at radius 3 is 2.37 bits per heavy atom. The fraction of sp³-hybridized carbons (Fsp3) is 0.200. The van der Waals surface area contributed by atoms with Crippen LogP contribution in [-0.4, -0.2) is 38.1 Å². The predicted octanol–water partition coefficient (Wildman–Crippen LogP) is 4.40. The minimum absolute atomic E-state index is 0.0311. The van der Waals surface area contributed by atoms with Crippen LogP contribution in [0.25, 0.3) is 0 Å². The summed E-state index contributed by atoms with van der Waals surface area (Å²) in [5.74, 6) is -0.154. The highest BCUT2D eigenvalue weighted by Crippen LogP contribution is 2.38. The van der Waals surface area contributed by atoms with Crippen LogP contribution in [0.4, 0.5) is 0 Å². The Balaban J connectivity index is 1.84. The third-order valence-electron chi connectivity index (χ3n) is 5.67. The molecule has 4 nitrogen and oxygen atoms in total. The van der Waals surface area contributed by atoms with Crippen LogP contribution in [0.3, 0.4) is 0 Å². The molecule has 1 aliphatic rings. The van der Waals surface area contributed by atoms with E-state index >= 15 is 0 Å². The average molecular weight is 420 g/mol. The fourth-order valence-corrected chi connectivity index (χ4v) is 5.56. The number of hydrogen-bond donors (Lipinski definition) is 1. The highest BCUT2D eigenvalue weighted by molar-refractivity contribution is 7.91. The number of hydrogen-bond acceptors (Lipinski definition) is 4. The van der Waals surface area contributed by atoms with E-state index in [-0.39, 0.29) is 21.5 Å². The number of nitrogens with zero attached hydrogens (tertiary/aromatic N) is 1. The largest absolute Gasteiger partial charge is 0.507 e. The van der Waals surface area contributed by atoms with Gasteiger partial charge in [-0.2, -0.15) is 0 Å². The van der Waals surface area contributed by atoms with Crippen molar-refractivity contribution in [1.82, 2.24) is 4.90 Å². The molecule has 0 fully saturated rings. The van der Waals surface area contributed by atoms with Crippen LogP contribution in [0.15, 0.2) is 95.2 Å². The number of phenolic OH excluding ortho intramolecular Hbond substituents is 1. The monoisotopic (exact) mass is 419 g/mol. The van der Waals surface area contributed by atoms with Crippen LogP contribution < -0.4 is 0 Å². The van der Waals surface area contributed by atoms with Crippen molar-refractivity contribution in [3.8, 4) is 5.75 Å². The first-order valence-electron chi connectivity index (χ1n) is 10.0. The van der Waals surface area contributed by atoms with Gasteiger partial charge in [0.25, 0.3) is 0 Å². The fourth-order valence-electron chi connectivity index (χ4n) is 4.15. The molecule has 1 aliphatic heterocycles. The molecule has 0 bridgehead atoms. The summed E-state index contributed by atoms with van der Waals surface area (Å²) in [5.41, 5.74) is 3.09. The van der Waals surface area contributed by atoms with E-state index in [0.717, 1.165) is 36.3 Å². The van der Waals surface area contributed by atoms with Crippen molar-refractivity contribution in [2.45, 2.75) is 22.1 Å². The molecule has 0 saturated carbocycles. The van der Waals surface area contributed by atoms with Crippen molar-refractivity contribution in [2.75, 3.05) is 19.6 Å². The highest BCUT2D eigenvalue weighted by Gasteiger charge is 2.29. The van der Waals surface area contributed by atoms with E-state index in [1.165, 1.54) is 0 Å². The lowest BCUT2D eigenvalue weighted by Gasteiger charge is -2.24. The van der Waals surface area contributed by atoms with Gasteiger partial charge in [-0.1, -0.05) is 54.6 Å². The normalized spacial score (nSPS) is 17.1. The van der Waals surface area contributed by atoms with E-state index in [1.54, 1.807) is 42.5 Å². The highest BCUT2D eigenvalue weighted by atomic mass is 32.2. The van der Waals surface area contributed by atoms with Gasteiger partial charge in [0.1, 0.15) is 10.6 Å². The number of aromatic hydroxyl groups is 1. The van der Waals surface area contributed by atoms with Crippen LogP contribution in [0, 0.1) is 0 Å². The molecule has 0 saturated heterocycles. The van der Waals surface area contributed by atoms with Gasteiger partial charge in [-0.3, -0.25) is 4.90 Å². The molecule has 0 radical (unpaired) electrons. The molecule has 0 amide bonds. The zero-order valence-corrected chi connectivity index (χ0v) is 17.6. The minimum Gasteiger partial charge on any atom is -0.507 e. The van der Waals surface area contributed by atoms with Gasteiger partial charge in [0.05, 0.1) is 4.90 Å². The molecule has 1 atom stereocenters. The first-order chi connectivity index (χ1) is 14.5. The Bertz CT molecular complexity index is 1140. The third kappa shape index (κ3) is 3.91. The lowest BCUT2D eigenvalue weighted by molar-refractivity contribution is 0.306. The quantitative estimate of drug-likeness (QED) is 0.623. The van der Waals surface area contributed by atoms with Crippen LogP contribution in [0.2, 0.25) is 0 Å². The van der Waals surface area contributed by atoms with E-state index in [9.17, 15) is 13.5 Å². The molecule has 1 heterocycles. The minimum atomic E-state index is -3.80. The lowest BCUT2D eigenvalue weighted by Crippen LogP contribution is -2.28. The van der Waals surface area contributed by atoms with E-state index in [1.807, 2.05) is 24.3 Å². The maximum absolute atomic E-state index is 13.2. The first-order valence-corrected chi connectivity index (χ1v) is 11.5. The molecule has 5 heteroatoms. The second kappa shape index (κ2) is 8.46. The summed E-state index contributed by atoms with van der Waals surface area (Å²) in [6, 6.07) is 21.7. The molecule has 3 aromatic rings. The molecule has 154 valence electrons. The molecule has 1 unspecified atom stereocenters. The number of benzene rings is 3. The van der Waals surface area contributed by atoms with Crippen LogP contribution in [-0.2, 0) is 16.3 Å². The first kappa shape index (κ1) is 20.4. The Kier molecular flexibility index (Phi) is 5.75. The van der Waals surface area contributed by atoms with E-state index in [4.69, 9.17) is 0 Å². The molecule has 4 rings (SSSR count). The third-order valence-corrected chi connectivity index (χ3v) is 7.47. The number of rotatable bonds is 5. The summed E-state index contributed by atoms with van der Waals surface area (Å²) in [5, 5.41) is 10.8. The van der Waals surface area contributed by atoms with Crippen molar-refractivity contribution in [1.29, 1.82) is 0 Å². The second-order valence-corrected chi connectivity index (χ2v) is 9.51. The number of phenols is 1. The zero-order valence-electron chi connectivity index (χ0n) is 16.7. The molecular formula is C25H25NO3S. The van der Waals surface area contributed by atoms with Crippen molar-refractivity contribution in [3.63, 3.8) is 0 Å². The molecule has 3 aromatic carbocycles. The van der Waals surface area contributed by atoms with Gasteiger partial charge >= 0.3 is 0 Å². The maximum atomic E-state index is 13.2. The molecule has 0 spiro atoms. The molecular weight excluding hydrogens is 394 g/mol. The Morgan fingerprint density at radius 1 is 1.03 bits per heavy atom. The van der Waals surface area contributed by atoms with Gasteiger partial charge in [-0.25, -0.2) is 8.42 Å². The number of fused-ring (bicyclic) bond motifs is 1. The summed E-state index contributed by atoms with van der Waals surface area (Å²) in [6.07, 6.45) is 2.60. The van der Waals surface area contributed by atoms with E-state index in [2.05, 4.69) is 23.6 Å². The predicted molar refractivity (Wildman–Crippen MR) is 119 cm³/mol. The molecule has 0 aromatic heterocycles. The molecule has 30 heavy (non-hydrogen) atoms. The summed E-state index contributed by atoms with van der Waals surface area (Å²) in [4.78, 5) is 2.46. The summed E-state index contributed by atoms with van der Waals surface area (Å²) < 4.78 is 26.3. The van der Waals surface area contributed by atoms with Crippen LogP contribution >= 0.6 is 0 Å². The van der Waals surface area contributed by atoms with Crippen molar-refractivity contribution < 1.29 is 13.5 Å². The Morgan fingerprint density at radius 2 is 1.70 bits per heavy atom. The molecule has 0 aliphatic carbocycles. The van der Waals surface area contributed by atoms with Gasteiger partial charge in [-0.15, -0.1) is 6.58 Å². The van der Waals surface area contributed by atoms with Gasteiger partial charge in [0.2, 0.25) is 9.84 Å². The Labute approximate surface area is 178 Å². The maximum Gasteiger partial charge on any atom is 0.210 e. The number of sulfone groups is 1. The average Bonchev–Trinajstić information content (AvgIpc) is 2.94. The summed E-state index contributed by atoms with van der Waals surface area (Å²) in [7, 11) is -3.80. The van der Waals surface area contributed by atoms with Crippen LogP contribution in [0.5, 0.6) is 5.75 Å². The van der Waals surface area contributed by atoms with Gasteiger partial charge in [-0.05, 0) is 47.4 Å². The van der Waals surface area contributed by atoms with E-state index in [0.29, 0.717) is 6.42 Å². The SMILES string of the molecule is C=CCN1CCc2cc(S(=O)(=O)c3ccccc3)c(O)cc2C(c2ccccc2)C1.